The molecule has 0 saturated heterocycles. The van der Waals surface area contributed by atoms with Crippen LogP contribution in [0.25, 0.3) is 34.2 Å². The third kappa shape index (κ3) is 34.9. The van der Waals surface area contributed by atoms with Crippen LogP contribution in [0.2, 0.25) is 0 Å². The van der Waals surface area contributed by atoms with E-state index in [1.54, 1.807) is 0 Å². The summed E-state index contributed by atoms with van der Waals surface area (Å²) < 4.78 is 81.1. The number of carboxylic acids is 2. The number of hydrogen-bond donors (Lipinski definition) is 8. The van der Waals surface area contributed by atoms with Gasteiger partial charge in [-0.05, 0) is 254 Å². The highest BCUT2D eigenvalue weighted by molar-refractivity contribution is 5.71. The molecule has 137 heavy (non-hydrogen) atoms. The normalized spacial score (nSPS) is 16.3. The monoisotopic (exact) mass is 1910 g/mol. The van der Waals surface area contributed by atoms with Gasteiger partial charge in [0.05, 0.1) is 149 Å². The number of aliphatic hydroxyl groups is 6. The molecule has 0 aliphatic rings. The maximum absolute atomic E-state index is 12.4. The molecule has 0 bridgehead atoms. The lowest BCUT2D eigenvalue weighted by Crippen LogP contribution is -2.35. The Morgan fingerprint density at radius 1 is 0.336 bits per heavy atom. The Hall–Kier alpha value is -10.3. The van der Waals surface area contributed by atoms with Gasteiger partial charge in [0.1, 0.15) is 40.6 Å². The van der Waals surface area contributed by atoms with E-state index in [0.29, 0.717) is 134 Å². The molecule has 3 aromatic heterocycles. The first-order chi connectivity index (χ1) is 66.0. The Balaban J connectivity index is 0.794. The summed E-state index contributed by atoms with van der Waals surface area (Å²) in [6, 6.07) is 45.7. The summed E-state index contributed by atoms with van der Waals surface area (Å²) in [5.41, 5.74) is 4.14. The molecule has 752 valence electrons. The van der Waals surface area contributed by atoms with E-state index in [1.165, 1.54) is 14.0 Å². The third-order valence-corrected chi connectivity index (χ3v) is 25.4. The van der Waals surface area contributed by atoms with E-state index in [2.05, 4.69) is 67.3 Å². The van der Waals surface area contributed by atoms with E-state index in [0.717, 1.165) is 23.1 Å². The molecule has 0 aliphatic carbocycles. The van der Waals surface area contributed by atoms with Crippen LogP contribution < -0.4 is 14.2 Å². The molecule has 0 aliphatic heterocycles. The molecule has 3 heterocycles. The van der Waals surface area contributed by atoms with Crippen molar-refractivity contribution < 1.29 is 117 Å². The number of carboxylic acid groups (broad SMARTS) is 2. The molecule has 6 aromatic carbocycles. The fraction of sp³-hybridized carbons (Fsp3) is 0.584. The van der Waals surface area contributed by atoms with Gasteiger partial charge in [-0.1, -0.05) is 119 Å². The Morgan fingerprint density at radius 3 is 0.847 bits per heavy atom. The van der Waals surface area contributed by atoms with Crippen molar-refractivity contribution in [2.24, 2.45) is 82.9 Å². The highest BCUT2D eigenvalue weighted by Gasteiger charge is 2.38. The standard InChI is InChI=1S/C101H144N12O24/c1-66(50-69(4)93(99(121)122)75(10)72(7)59-125-41-38-114)56-128-44-47-131-62-84(118)53-111-96(102-105-108-111)78-14-26-87(27-15-78)135-90-32-20-81(21-33-90)101(13,82-22-34-91(35-23-82)136-88-28-16-79(17-29-88)97-103-106-109-112(97)54-85(119)63-132-48-45-129-57-67(2)51-70(5)94(100(123)124)76(11)73(8)60-126-42-39-115)83-24-36-92(37-25-83)137-89-30-18-80(19-31-89)98-104-107-110-113(98)55-86(120)64-133-49-46-130-58-68(3)52-71(6)95(134-65-117)77(12)74(9)61-127-43-40-116/h14-37,65-77,84-86,93-95,114-116,118-120H,38-64H2,1-13H3,(H,121,122)(H,123,124). The molecule has 9 rings (SSSR count). The predicted octanol–water partition coefficient (Wildman–Crippen LogP) is 12.3. The summed E-state index contributed by atoms with van der Waals surface area (Å²) in [4.78, 5) is 36.2. The van der Waals surface area contributed by atoms with Crippen LogP contribution in [0.4, 0.5) is 0 Å². The van der Waals surface area contributed by atoms with Gasteiger partial charge in [-0.2, -0.15) is 0 Å². The second-order valence-electron chi connectivity index (χ2n) is 36.8. The van der Waals surface area contributed by atoms with Crippen LogP contribution in [0.1, 0.15) is 126 Å². The Kier molecular flexibility index (Phi) is 46.7. The van der Waals surface area contributed by atoms with E-state index in [4.69, 9.17) is 76.9 Å². The number of aliphatic carboxylic acids is 2. The molecule has 18 atom stereocenters. The lowest BCUT2D eigenvalue weighted by molar-refractivity contribution is -0.148. The van der Waals surface area contributed by atoms with Gasteiger partial charge in [0.15, 0.2) is 17.5 Å². The molecule has 0 spiro atoms. The molecule has 36 heteroatoms. The average Bonchev–Trinajstić information content (AvgIpc) is 1.09. The quantitative estimate of drug-likeness (QED) is 0.00997. The predicted molar refractivity (Wildman–Crippen MR) is 509 cm³/mol. The van der Waals surface area contributed by atoms with E-state index in [1.807, 2.05) is 215 Å². The Morgan fingerprint density at radius 2 is 0.584 bits per heavy atom. The van der Waals surface area contributed by atoms with Crippen molar-refractivity contribution in [1.82, 2.24) is 60.6 Å². The maximum Gasteiger partial charge on any atom is 0.307 e. The fourth-order valence-electron chi connectivity index (χ4n) is 17.6. The number of carbonyl (C=O) groups excluding carboxylic acids is 1. The minimum Gasteiger partial charge on any atom is -0.481 e. The number of aromatic nitrogens is 12. The van der Waals surface area contributed by atoms with Gasteiger partial charge in [0.25, 0.3) is 6.47 Å². The minimum absolute atomic E-state index is 0.000440. The van der Waals surface area contributed by atoms with E-state index < -0.39 is 47.5 Å². The molecule has 0 fully saturated rings. The zero-order valence-electron chi connectivity index (χ0n) is 81.4. The molecular weight excluding hydrogens is 1770 g/mol. The highest BCUT2D eigenvalue weighted by atomic mass is 16.6. The zero-order chi connectivity index (χ0) is 98.8. The van der Waals surface area contributed by atoms with Crippen molar-refractivity contribution in [3.05, 3.63) is 162 Å². The molecule has 0 amide bonds. The zero-order valence-corrected chi connectivity index (χ0v) is 81.4. The molecule has 9 aromatic rings. The largest absolute Gasteiger partial charge is 0.481 e. The van der Waals surface area contributed by atoms with Gasteiger partial charge in [-0.25, -0.2) is 14.0 Å². The summed E-state index contributed by atoms with van der Waals surface area (Å²) in [5, 5.41) is 118. The van der Waals surface area contributed by atoms with Gasteiger partial charge in [0, 0.05) is 61.7 Å². The minimum atomic E-state index is -0.938. The number of nitrogens with zero attached hydrogens (tertiary/aromatic N) is 12. The number of tetrazole rings is 3. The second kappa shape index (κ2) is 58.0. The summed E-state index contributed by atoms with van der Waals surface area (Å²) in [6.07, 6.45) is -1.02. The second-order valence-corrected chi connectivity index (χ2v) is 36.8. The van der Waals surface area contributed by atoms with Gasteiger partial charge in [0.2, 0.25) is 0 Å². The first-order valence-electron chi connectivity index (χ1n) is 47.6. The number of hydrogen-bond acceptors (Lipinski definition) is 31. The van der Waals surface area contributed by atoms with Crippen molar-refractivity contribution in [2.75, 3.05) is 139 Å². The number of rotatable bonds is 70. The van der Waals surface area contributed by atoms with E-state index in [-0.39, 0.29) is 189 Å². The number of benzene rings is 6. The molecule has 18 unspecified atom stereocenters. The van der Waals surface area contributed by atoms with Crippen molar-refractivity contribution in [1.29, 1.82) is 0 Å². The average molecular weight is 1910 g/mol. The van der Waals surface area contributed by atoms with Crippen LogP contribution in [0.3, 0.4) is 0 Å². The van der Waals surface area contributed by atoms with Crippen molar-refractivity contribution >= 4 is 18.4 Å². The van der Waals surface area contributed by atoms with Crippen LogP contribution in [-0.2, 0) is 86.8 Å². The highest BCUT2D eigenvalue weighted by Crippen LogP contribution is 2.43. The maximum atomic E-state index is 12.4. The van der Waals surface area contributed by atoms with Gasteiger partial charge >= 0.3 is 11.9 Å². The Bertz CT molecular complexity index is 4680. The molecule has 0 radical (unpaired) electrons. The topological polar surface area (TPSA) is 464 Å². The van der Waals surface area contributed by atoms with Crippen LogP contribution in [0.15, 0.2) is 146 Å². The number of ether oxygens (including phenoxy) is 13. The summed E-state index contributed by atoms with van der Waals surface area (Å²) in [5.74, 6) is 2.04. The van der Waals surface area contributed by atoms with Crippen LogP contribution in [-0.4, -0.2) is 283 Å². The first kappa shape index (κ1) is 110. The Labute approximate surface area is 803 Å². The van der Waals surface area contributed by atoms with Gasteiger partial charge in [-0.15, -0.1) is 15.3 Å². The van der Waals surface area contributed by atoms with Crippen LogP contribution in [0, 0.1) is 82.9 Å². The van der Waals surface area contributed by atoms with Crippen LogP contribution in [0.5, 0.6) is 34.5 Å². The van der Waals surface area contributed by atoms with Gasteiger partial charge < -0.3 is 102 Å². The molecular formula is C101H144N12O24. The van der Waals surface area contributed by atoms with Crippen LogP contribution >= 0.6 is 0 Å². The fourth-order valence-corrected chi connectivity index (χ4v) is 17.6. The number of aliphatic hydroxyl groups excluding tert-OH is 6. The molecule has 36 nitrogen and oxygen atoms in total. The van der Waals surface area contributed by atoms with Gasteiger partial charge in [-0.3, -0.25) is 14.4 Å². The summed E-state index contributed by atoms with van der Waals surface area (Å²) >= 11 is 0. The molecule has 0 saturated carbocycles. The summed E-state index contributed by atoms with van der Waals surface area (Å²) in [6.45, 7) is 31.6. The number of carbonyl (C=O) groups is 3. The smallest absolute Gasteiger partial charge is 0.307 e. The van der Waals surface area contributed by atoms with E-state index >= 15 is 0 Å². The lowest BCUT2D eigenvalue weighted by atomic mass is 9.71. The third-order valence-electron chi connectivity index (χ3n) is 25.4. The van der Waals surface area contributed by atoms with Crippen molar-refractivity contribution in [3.63, 3.8) is 0 Å². The lowest BCUT2D eigenvalue weighted by Gasteiger charge is -2.33. The summed E-state index contributed by atoms with van der Waals surface area (Å²) in [7, 11) is 0. The van der Waals surface area contributed by atoms with E-state index in [9.17, 15) is 39.9 Å². The SMILES string of the molecule is CC(COCCOCC(O)Cn1nnnc1-c1ccc(Oc2ccc(C(C)(c3ccc(Oc4ccc(-c5nnnn5CC(O)COCCOCC(C)CC(C)C(C(=O)O)C(C)C(C)COCCO)cc4)cc3)c3ccc(Oc4ccc(-c5nnnn5CC(O)COCCOCC(C)CC(C)C(C(=O)O)C(C)C(C)COCCO)cc4)cc3)cc2)cc1)CC(C)C(OC=O)C(C)C(C)COCCO. The van der Waals surface area contributed by atoms with Crippen molar-refractivity contribution in [2.45, 2.75) is 159 Å². The van der Waals surface area contributed by atoms with Crippen molar-refractivity contribution in [3.8, 4) is 68.7 Å². The molecule has 8 N–H and O–H groups in total. The first-order valence-corrected chi connectivity index (χ1v) is 47.6.